The van der Waals surface area contributed by atoms with Gasteiger partial charge in [-0.2, -0.15) is 0 Å². The van der Waals surface area contributed by atoms with E-state index in [-0.39, 0.29) is 5.91 Å². The predicted octanol–water partition coefficient (Wildman–Crippen LogP) is 3.67. The monoisotopic (exact) mass is 395 g/mol. The van der Waals surface area contributed by atoms with Crippen molar-refractivity contribution in [3.8, 4) is 0 Å². The molecule has 1 aromatic heterocycles. The van der Waals surface area contributed by atoms with Gasteiger partial charge in [0, 0.05) is 39.1 Å². The number of piperidine rings is 1. The first kappa shape index (κ1) is 21.5. The summed E-state index contributed by atoms with van der Waals surface area (Å²) in [5.74, 6) is 0.712. The van der Waals surface area contributed by atoms with Gasteiger partial charge in [0.25, 0.3) is 0 Å². The highest BCUT2D eigenvalue weighted by Crippen LogP contribution is 2.22. The lowest BCUT2D eigenvalue weighted by molar-refractivity contribution is -0.133. The molecule has 3 rings (SSSR count). The summed E-state index contributed by atoms with van der Waals surface area (Å²) >= 11 is 0. The van der Waals surface area contributed by atoms with Crippen LogP contribution in [0, 0.1) is 12.8 Å². The highest BCUT2D eigenvalue weighted by atomic mass is 16.5. The van der Waals surface area contributed by atoms with E-state index < -0.39 is 0 Å². The minimum absolute atomic E-state index is 0.165. The number of aryl methyl sites for hydroxylation is 1. The van der Waals surface area contributed by atoms with Crippen molar-refractivity contribution in [3.63, 3.8) is 0 Å². The maximum Gasteiger partial charge on any atom is 0.225 e. The molecule has 156 valence electrons. The molecule has 0 saturated carbocycles. The number of carbonyl (C=O) groups excluding carboxylic acids is 1. The number of hydrogen-bond acceptors (Lipinski definition) is 4. The molecule has 0 radical (unpaired) electrons. The molecular formula is C24H33N3O2. The molecule has 1 aromatic carbocycles. The minimum atomic E-state index is 0.165. The predicted molar refractivity (Wildman–Crippen MR) is 115 cm³/mol. The summed E-state index contributed by atoms with van der Waals surface area (Å²) in [6.45, 7) is 7.29. The number of ether oxygens (including phenoxy) is 1. The van der Waals surface area contributed by atoms with Crippen LogP contribution in [0.5, 0.6) is 0 Å². The van der Waals surface area contributed by atoms with Crippen LogP contribution >= 0.6 is 0 Å². The van der Waals surface area contributed by atoms with Gasteiger partial charge >= 0.3 is 0 Å². The number of amides is 1. The Bertz CT molecular complexity index is 758. The molecule has 0 spiro atoms. The zero-order valence-corrected chi connectivity index (χ0v) is 17.7. The van der Waals surface area contributed by atoms with Crippen LogP contribution in [0.4, 0.5) is 0 Å². The van der Waals surface area contributed by atoms with Crippen LogP contribution in [0.1, 0.15) is 36.0 Å². The molecule has 29 heavy (non-hydrogen) atoms. The van der Waals surface area contributed by atoms with Crippen molar-refractivity contribution in [2.75, 3.05) is 33.4 Å². The zero-order chi connectivity index (χ0) is 20.5. The summed E-state index contributed by atoms with van der Waals surface area (Å²) in [5, 5.41) is 0. The number of benzene rings is 1. The van der Waals surface area contributed by atoms with Crippen LogP contribution in [0.15, 0.2) is 48.8 Å². The molecule has 0 aliphatic carbocycles. The number of hydrogen-bond donors (Lipinski definition) is 0. The molecule has 5 heteroatoms. The van der Waals surface area contributed by atoms with E-state index in [9.17, 15) is 4.79 Å². The quantitative estimate of drug-likeness (QED) is 0.650. The Morgan fingerprint density at radius 3 is 2.69 bits per heavy atom. The van der Waals surface area contributed by atoms with E-state index in [1.54, 1.807) is 13.3 Å². The maximum atomic E-state index is 12.7. The number of likely N-dealkylation sites (tertiary alicyclic amines) is 1. The average molecular weight is 396 g/mol. The van der Waals surface area contributed by atoms with Crippen molar-refractivity contribution >= 4 is 5.91 Å². The van der Waals surface area contributed by atoms with Crippen molar-refractivity contribution in [2.45, 2.75) is 39.3 Å². The zero-order valence-electron chi connectivity index (χ0n) is 17.7. The fraction of sp³-hybridized carbons (Fsp3) is 0.500. The Morgan fingerprint density at radius 1 is 1.21 bits per heavy atom. The molecule has 5 nitrogen and oxygen atoms in total. The van der Waals surface area contributed by atoms with Gasteiger partial charge in [-0.1, -0.05) is 30.3 Å². The molecule has 0 bridgehead atoms. The largest absolute Gasteiger partial charge is 0.384 e. The molecule has 1 amide bonds. The van der Waals surface area contributed by atoms with Crippen molar-refractivity contribution in [1.29, 1.82) is 0 Å². The van der Waals surface area contributed by atoms with Crippen LogP contribution in [-0.4, -0.2) is 54.0 Å². The topological polar surface area (TPSA) is 45.7 Å². The summed E-state index contributed by atoms with van der Waals surface area (Å²) in [5.41, 5.74) is 3.86. The molecule has 1 aliphatic rings. The molecule has 1 fully saturated rings. The van der Waals surface area contributed by atoms with E-state index in [4.69, 9.17) is 4.74 Å². The second-order valence-corrected chi connectivity index (χ2v) is 8.02. The molecular weight excluding hydrogens is 362 g/mol. The Labute approximate surface area is 174 Å². The lowest BCUT2D eigenvalue weighted by Crippen LogP contribution is -2.40. The molecule has 2 aromatic rings. The lowest BCUT2D eigenvalue weighted by Gasteiger charge is -2.35. The first-order valence-corrected chi connectivity index (χ1v) is 10.6. The number of rotatable bonds is 9. The molecule has 0 unspecified atom stereocenters. The third kappa shape index (κ3) is 6.65. The van der Waals surface area contributed by atoms with Gasteiger partial charge in [-0.15, -0.1) is 0 Å². The van der Waals surface area contributed by atoms with Crippen LogP contribution in [0.25, 0.3) is 0 Å². The summed E-state index contributed by atoms with van der Waals surface area (Å²) in [4.78, 5) is 21.5. The van der Waals surface area contributed by atoms with E-state index in [1.165, 1.54) is 11.1 Å². The average Bonchev–Trinajstić information content (AvgIpc) is 2.75. The third-order valence-electron chi connectivity index (χ3n) is 5.81. The van der Waals surface area contributed by atoms with Gasteiger partial charge in [0.05, 0.1) is 13.0 Å². The lowest BCUT2D eigenvalue weighted by atomic mass is 9.95. The van der Waals surface area contributed by atoms with Crippen molar-refractivity contribution in [3.05, 3.63) is 65.5 Å². The Morgan fingerprint density at radius 2 is 2.00 bits per heavy atom. The van der Waals surface area contributed by atoms with E-state index in [2.05, 4.69) is 41.1 Å². The number of methoxy groups -OCH3 is 1. The summed E-state index contributed by atoms with van der Waals surface area (Å²) in [6.07, 6.45) is 6.31. The van der Waals surface area contributed by atoms with E-state index in [0.717, 1.165) is 44.6 Å². The molecule has 1 saturated heterocycles. The van der Waals surface area contributed by atoms with Crippen molar-refractivity contribution in [1.82, 2.24) is 14.8 Å². The second-order valence-electron chi connectivity index (χ2n) is 8.02. The molecule has 0 N–H and O–H groups in total. The Hall–Kier alpha value is -2.24. The van der Waals surface area contributed by atoms with Gasteiger partial charge in [0.15, 0.2) is 0 Å². The summed E-state index contributed by atoms with van der Waals surface area (Å²) in [6, 6.07) is 12.6. The van der Waals surface area contributed by atoms with Gasteiger partial charge in [-0.25, -0.2) is 0 Å². The Kier molecular flexibility index (Phi) is 8.20. The minimum Gasteiger partial charge on any atom is -0.384 e. The van der Waals surface area contributed by atoms with Crippen molar-refractivity contribution < 1.29 is 9.53 Å². The van der Waals surface area contributed by atoms with Crippen LogP contribution < -0.4 is 0 Å². The number of aromatic nitrogens is 1. The standard InChI is InChI=1S/C24H33N3O2/c1-20-6-3-4-8-23(20)19-26-13-9-21(10-14-26)17-27(24(28)11-15-29-2)18-22-7-5-12-25-16-22/h3-8,12,16,21H,9-11,13-15,17-19H2,1-2H3. The number of nitrogens with zero attached hydrogens (tertiary/aromatic N) is 3. The van der Waals surface area contributed by atoms with E-state index in [1.807, 2.05) is 23.2 Å². The fourth-order valence-electron chi connectivity index (χ4n) is 3.98. The van der Waals surface area contributed by atoms with Crippen molar-refractivity contribution in [2.24, 2.45) is 5.92 Å². The van der Waals surface area contributed by atoms with Crippen LogP contribution in [0.3, 0.4) is 0 Å². The Balaban J connectivity index is 1.54. The number of carbonyl (C=O) groups is 1. The second kappa shape index (κ2) is 11.1. The molecule has 1 aliphatic heterocycles. The normalized spacial score (nSPS) is 15.4. The highest BCUT2D eigenvalue weighted by Gasteiger charge is 2.24. The first-order chi connectivity index (χ1) is 14.2. The maximum absolute atomic E-state index is 12.7. The summed E-state index contributed by atoms with van der Waals surface area (Å²) < 4.78 is 5.12. The van der Waals surface area contributed by atoms with Gasteiger partial charge in [0.1, 0.15) is 0 Å². The summed E-state index contributed by atoms with van der Waals surface area (Å²) in [7, 11) is 1.64. The van der Waals surface area contributed by atoms with Crippen LogP contribution in [-0.2, 0) is 22.6 Å². The molecule has 2 heterocycles. The third-order valence-corrected chi connectivity index (χ3v) is 5.81. The van der Waals surface area contributed by atoms with Gasteiger partial charge in [0.2, 0.25) is 5.91 Å². The molecule has 0 atom stereocenters. The van der Waals surface area contributed by atoms with Gasteiger partial charge < -0.3 is 9.64 Å². The van der Waals surface area contributed by atoms with Gasteiger partial charge in [-0.3, -0.25) is 14.7 Å². The smallest absolute Gasteiger partial charge is 0.225 e. The highest BCUT2D eigenvalue weighted by molar-refractivity contribution is 5.76. The fourth-order valence-corrected chi connectivity index (χ4v) is 3.98. The van der Waals surface area contributed by atoms with E-state index in [0.29, 0.717) is 25.5 Å². The number of pyridine rings is 1. The first-order valence-electron chi connectivity index (χ1n) is 10.6. The van der Waals surface area contributed by atoms with Crippen LogP contribution in [0.2, 0.25) is 0 Å². The SMILES string of the molecule is COCCC(=O)N(Cc1cccnc1)CC1CCN(Cc2ccccc2C)CC1. The van der Waals surface area contributed by atoms with E-state index >= 15 is 0 Å². The van der Waals surface area contributed by atoms with Gasteiger partial charge in [-0.05, 0) is 61.5 Å².